The van der Waals surface area contributed by atoms with E-state index in [1.54, 1.807) is 0 Å². The van der Waals surface area contributed by atoms with Crippen LogP contribution >= 0.6 is 0 Å². The maximum absolute atomic E-state index is 13.0. The Kier molecular flexibility index (Phi) is 3.37. The van der Waals surface area contributed by atoms with Gasteiger partial charge < -0.3 is 9.47 Å². The molecule has 1 aliphatic rings. The number of nitrogens with zero attached hydrogens (tertiary/aromatic N) is 4. The highest BCUT2D eigenvalue weighted by molar-refractivity contribution is 6.06. The summed E-state index contributed by atoms with van der Waals surface area (Å²) in [4.78, 5) is 19.2. The van der Waals surface area contributed by atoms with Crippen LogP contribution in [0, 0.1) is 0 Å². The number of aromatic nitrogens is 4. The second-order valence-electron chi connectivity index (χ2n) is 6.13. The third-order valence-corrected chi connectivity index (χ3v) is 4.69. The van der Waals surface area contributed by atoms with Gasteiger partial charge >= 0.3 is 0 Å². The number of carbonyl (C=O) groups is 1. The maximum Gasteiger partial charge on any atom is 0.254 e. The second-order valence-corrected chi connectivity index (χ2v) is 6.13. The minimum atomic E-state index is 0.103. The highest BCUT2D eigenvalue weighted by Crippen LogP contribution is 2.27. The van der Waals surface area contributed by atoms with Crippen molar-refractivity contribution in [2.75, 3.05) is 13.1 Å². The predicted molar refractivity (Wildman–Crippen MR) is 87.2 cm³/mol. The number of hydrogen-bond donors (Lipinski definition) is 1. The largest absolute Gasteiger partial charge is 0.351 e. The third-order valence-electron chi connectivity index (χ3n) is 4.69. The van der Waals surface area contributed by atoms with E-state index in [-0.39, 0.29) is 11.8 Å². The van der Waals surface area contributed by atoms with Crippen molar-refractivity contribution in [1.82, 2.24) is 24.6 Å². The van der Waals surface area contributed by atoms with Gasteiger partial charge in [-0.15, -0.1) is 0 Å². The van der Waals surface area contributed by atoms with Crippen LogP contribution in [0.25, 0.3) is 10.9 Å². The molecule has 0 unspecified atom stereocenters. The molecule has 3 heterocycles. The third kappa shape index (κ3) is 2.40. The molecule has 2 aromatic heterocycles. The van der Waals surface area contributed by atoms with Gasteiger partial charge in [0.2, 0.25) is 0 Å². The van der Waals surface area contributed by atoms with Crippen LogP contribution in [0.5, 0.6) is 0 Å². The van der Waals surface area contributed by atoms with Gasteiger partial charge in [-0.2, -0.15) is 5.10 Å². The smallest absolute Gasteiger partial charge is 0.254 e. The average molecular weight is 309 g/mol. The molecule has 23 heavy (non-hydrogen) atoms. The van der Waals surface area contributed by atoms with Crippen molar-refractivity contribution in [3.8, 4) is 0 Å². The molecular formula is C17H19N5O. The van der Waals surface area contributed by atoms with E-state index in [0.29, 0.717) is 6.54 Å². The van der Waals surface area contributed by atoms with Crippen LogP contribution < -0.4 is 0 Å². The van der Waals surface area contributed by atoms with Gasteiger partial charge in [-0.3, -0.25) is 9.89 Å². The molecule has 0 bridgehead atoms. The number of hydrogen-bond acceptors (Lipinski definition) is 3. The SMILES string of the molecule is Cn1ccc2c(C(=O)N3CCC[C@@H](c4ncn[nH]4)C3)cccc21. The van der Waals surface area contributed by atoms with Crippen molar-refractivity contribution in [2.24, 2.45) is 7.05 Å². The fraction of sp³-hybridized carbons (Fsp3) is 0.353. The number of rotatable bonds is 2. The zero-order valence-corrected chi connectivity index (χ0v) is 13.1. The van der Waals surface area contributed by atoms with E-state index in [1.807, 2.05) is 47.0 Å². The minimum Gasteiger partial charge on any atom is -0.351 e. The molecule has 6 heteroatoms. The topological polar surface area (TPSA) is 66.8 Å². The molecule has 1 aliphatic heterocycles. The summed E-state index contributed by atoms with van der Waals surface area (Å²) in [5.74, 6) is 1.22. The number of likely N-dealkylation sites (tertiary alicyclic amines) is 1. The molecule has 0 spiro atoms. The van der Waals surface area contributed by atoms with Crippen LogP contribution in [0.2, 0.25) is 0 Å². The maximum atomic E-state index is 13.0. The fourth-order valence-corrected chi connectivity index (χ4v) is 3.46. The van der Waals surface area contributed by atoms with Crippen LogP contribution in [0.1, 0.15) is 34.9 Å². The Morgan fingerprint density at radius 1 is 1.35 bits per heavy atom. The number of aromatic amines is 1. The summed E-state index contributed by atoms with van der Waals surface area (Å²) in [6.45, 7) is 1.49. The van der Waals surface area contributed by atoms with Crippen molar-refractivity contribution >= 4 is 16.8 Å². The minimum absolute atomic E-state index is 0.103. The zero-order valence-electron chi connectivity index (χ0n) is 13.1. The molecule has 0 saturated carbocycles. The Bertz CT molecular complexity index is 836. The molecule has 0 radical (unpaired) electrons. The van der Waals surface area contributed by atoms with Crippen LogP contribution in [-0.2, 0) is 7.05 Å². The number of benzene rings is 1. The first-order chi connectivity index (χ1) is 11.2. The lowest BCUT2D eigenvalue weighted by Crippen LogP contribution is -2.39. The molecular weight excluding hydrogens is 290 g/mol. The Labute approximate surface area is 134 Å². The normalized spacial score (nSPS) is 18.5. The molecule has 1 amide bonds. The molecule has 1 N–H and O–H groups in total. The number of fused-ring (bicyclic) bond motifs is 1. The van der Waals surface area contributed by atoms with Crippen molar-refractivity contribution in [1.29, 1.82) is 0 Å². The van der Waals surface area contributed by atoms with Gasteiger partial charge in [-0.25, -0.2) is 4.98 Å². The standard InChI is InChI=1S/C17H19N5O/c1-21-9-7-13-14(5-2-6-15(13)21)17(23)22-8-3-4-12(10-22)16-18-11-19-20-16/h2,5-7,9,11-12H,3-4,8,10H2,1H3,(H,18,19,20)/t12-/m1/s1. The van der Waals surface area contributed by atoms with Crippen LogP contribution in [0.3, 0.4) is 0 Å². The summed E-state index contributed by atoms with van der Waals surface area (Å²) in [5, 5.41) is 7.88. The van der Waals surface area contributed by atoms with E-state index in [1.165, 1.54) is 6.33 Å². The number of H-pyrrole nitrogens is 1. The molecule has 3 aromatic rings. The lowest BCUT2D eigenvalue weighted by atomic mass is 9.96. The van der Waals surface area contributed by atoms with Gasteiger partial charge in [0.05, 0.1) is 0 Å². The highest BCUT2D eigenvalue weighted by Gasteiger charge is 2.27. The first-order valence-corrected chi connectivity index (χ1v) is 7.92. The lowest BCUT2D eigenvalue weighted by molar-refractivity contribution is 0.0706. The van der Waals surface area contributed by atoms with E-state index in [2.05, 4.69) is 15.2 Å². The van der Waals surface area contributed by atoms with Crippen molar-refractivity contribution < 1.29 is 4.79 Å². The van der Waals surface area contributed by atoms with Gasteiger partial charge in [0.15, 0.2) is 0 Å². The van der Waals surface area contributed by atoms with E-state index < -0.39 is 0 Å². The Balaban J connectivity index is 1.63. The number of nitrogens with one attached hydrogen (secondary N) is 1. The van der Waals surface area contributed by atoms with Crippen molar-refractivity contribution in [2.45, 2.75) is 18.8 Å². The predicted octanol–water partition coefficient (Wildman–Crippen LogP) is 2.32. The summed E-state index contributed by atoms with van der Waals surface area (Å²) in [6.07, 6.45) is 5.55. The second kappa shape index (κ2) is 5.53. The number of carbonyl (C=O) groups excluding carboxylic acids is 1. The van der Waals surface area contributed by atoms with E-state index >= 15 is 0 Å². The number of piperidine rings is 1. The molecule has 1 atom stereocenters. The van der Waals surface area contributed by atoms with Crippen LogP contribution in [0.15, 0.2) is 36.8 Å². The van der Waals surface area contributed by atoms with E-state index in [9.17, 15) is 4.79 Å². The molecule has 1 aromatic carbocycles. The van der Waals surface area contributed by atoms with Gasteiger partial charge in [-0.05, 0) is 31.0 Å². The van der Waals surface area contributed by atoms with Gasteiger partial charge in [0.1, 0.15) is 12.2 Å². The molecule has 6 nitrogen and oxygen atoms in total. The Hall–Kier alpha value is -2.63. The Morgan fingerprint density at radius 2 is 2.26 bits per heavy atom. The summed E-state index contributed by atoms with van der Waals surface area (Å²) in [6, 6.07) is 7.93. The quantitative estimate of drug-likeness (QED) is 0.790. The zero-order chi connectivity index (χ0) is 15.8. The van der Waals surface area contributed by atoms with Gasteiger partial charge in [0, 0.05) is 48.7 Å². The molecule has 4 rings (SSSR count). The van der Waals surface area contributed by atoms with Gasteiger partial charge in [-0.1, -0.05) is 6.07 Å². The highest BCUT2D eigenvalue weighted by atomic mass is 16.2. The molecule has 1 saturated heterocycles. The van der Waals surface area contributed by atoms with Crippen LogP contribution in [0.4, 0.5) is 0 Å². The fourth-order valence-electron chi connectivity index (χ4n) is 3.46. The van der Waals surface area contributed by atoms with Gasteiger partial charge in [0.25, 0.3) is 5.91 Å². The molecule has 118 valence electrons. The number of amides is 1. The molecule has 1 fully saturated rings. The average Bonchev–Trinajstić information content (AvgIpc) is 3.25. The van der Waals surface area contributed by atoms with E-state index in [0.717, 1.165) is 41.7 Å². The van der Waals surface area contributed by atoms with Crippen molar-refractivity contribution in [3.63, 3.8) is 0 Å². The summed E-state index contributed by atoms with van der Waals surface area (Å²) in [7, 11) is 2.00. The monoisotopic (exact) mass is 309 g/mol. The first-order valence-electron chi connectivity index (χ1n) is 7.92. The first kappa shape index (κ1) is 14.0. The lowest BCUT2D eigenvalue weighted by Gasteiger charge is -2.32. The number of aryl methyl sites for hydroxylation is 1. The summed E-state index contributed by atoms with van der Waals surface area (Å²) < 4.78 is 2.04. The Morgan fingerprint density at radius 3 is 3.09 bits per heavy atom. The summed E-state index contributed by atoms with van der Waals surface area (Å²) >= 11 is 0. The molecule has 0 aliphatic carbocycles. The van der Waals surface area contributed by atoms with Crippen molar-refractivity contribution in [3.05, 3.63) is 48.2 Å². The summed E-state index contributed by atoms with van der Waals surface area (Å²) in [5.41, 5.74) is 1.86. The van der Waals surface area contributed by atoms with E-state index in [4.69, 9.17) is 0 Å². The van der Waals surface area contributed by atoms with Crippen LogP contribution in [-0.4, -0.2) is 43.6 Å².